The van der Waals surface area contributed by atoms with Crippen LogP contribution >= 0.6 is 11.6 Å². The number of halogens is 1. The molecule has 1 saturated heterocycles. The summed E-state index contributed by atoms with van der Waals surface area (Å²) in [5.74, 6) is 0. The molecule has 1 aliphatic heterocycles. The molecule has 148 valence electrons. The minimum atomic E-state index is -0.336. The number of benzene rings is 2. The molecule has 6 heteroatoms. The summed E-state index contributed by atoms with van der Waals surface area (Å²) in [6, 6.07) is 18.3. The molecule has 29 heavy (non-hydrogen) atoms. The van der Waals surface area contributed by atoms with Gasteiger partial charge in [-0.1, -0.05) is 66.2 Å². The van der Waals surface area contributed by atoms with Gasteiger partial charge in [-0.15, -0.1) is 0 Å². The molecule has 2 aliphatic rings. The van der Waals surface area contributed by atoms with Crippen molar-refractivity contribution in [1.82, 2.24) is 9.78 Å². The molecule has 1 aliphatic carbocycles. The van der Waals surface area contributed by atoms with Crippen molar-refractivity contribution < 1.29 is 4.74 Å². The van der Waals surface area contributed by atoms with Gasteiger partial charge in [-0.2, -0.15) is 5.10 Å². The van der Waals surface area contributed by atoms with Crippen LogP contribution in [0.15, 0.2) is 65.6 Å². The fourth-order valence-electron chi connectivity index (χ4n) is 4.50. The Morgan fingerprint density at radius 1 is 1.10 bits per heavy atom. The summed E-state index contributed by atoms with van der Waals surface area (Å²) in [7, 11) is 0. The quantitative estimate of drug-likeness (QED) is 0.665. The normalized spacial score (nSPS) is 20.8. The maximum absolute atomic E-state index is 12.9. The van der Waals surface area contributed by atoms with E-state index in [0.29, 0.717) is 31.9 Å². The Kier molecular flexibility index (Phi) is 4.64. The number of aryl methyl sites for hydroxylation is 1. The minimum absolute atomic E-state index is 0.222. The zero-order valence-corrected chi connectivity index (χ0v) is 16.8. The van der Waals surface area contributed by atoms with E-state index in [-0.39, 0.29) is 16.2 Å². The van der Waals surface area contributed by atoms with E-state index in [9.17, 15) is 4.79 Å². The summed E-state index contributed by atoms with van der Waals surface area (Å²) in [5, 5.41) is 4.63. The molecule has 1 fully saturated rings. The maximum Gasteiger partial charge on any atom is 0.287 e. The van der Waals surface area contributed by atoms with Crippen LogP contribution in [0.3, 0.4) is 0 Å². The van der Waals surface area contributed by atoms with E-state index in [1.807, 2.05) is 30.3 Å². The molecule has 5 rings (SSSR count). The number of ether oxygens (including phenoxy) is 1. The van der Waals surface area contributed by atoms with Gasteiger partial charge in [-0.05, 0) is 29.5 Å². The van der Waals surface area contributed by atoms with Crippen molar-refractivity contribution in [2.75, 3.05) is 24.6 Å². The van der Waals surface area contributed by atoms with Gasteiger partial charge < -0.3 is 9.64 Å². The molecule has 0 bridgehead atoms. The molecule has 3 aromatic rings. The van der Waals surface area contributed by atoms with Crippen molar-refractivity contribution in [2.24, 2.45) is 0 Å². The van der Waals surface area contributed by atoms with Crippen LogP contribution in [0.4, 0.5) is 5.69 Å². The third-order valence-corrected chi connectivity index (χ3v) is 6.33. The Hall–Kier alpha value is -2.63. The topological polar surface area (TPSA) is 47.4 Å². The molecule has 0 N–H and O–H groups in total. The van der Waals surface area contributed by atoms with Crippen molar-refractivity contribution in [3.05, 3.63) is 92.9 Å². The highest BCUT2D eigenvalue weighted by atomic mass is 35.5. The zero-order chi connectivity index (χ0) is 19.8. The first-order valence-electron chi connectivity index (χ1n) is 9.93. The Labute approximate surface area is 174 Å². The molecular weight excluding hydrogens is 386 g/mol. The molecule has 1 unspecified atom stereocenters. The van der Waals surface area contributed by atoms with E-state index in [2.05, 4.69) is 34.3 Å². The fourth-order valence-corrected chi connectivity index (χ4v) is 4.77. The molecular formula is C23H22ClN3O2. The number of nitrogens with zero attached hydrogens (tertiary/aromatic N) is 3. The Morgan fingerprint density at radius 2 is 1.90 bits per heavy atom. The second-order valence-corrected chi connectivity index (χ2v) is 8.09. The fraction of sp³-hybridized carbons (Fsp3) is 0.304. The van der Waals surface area contributed by atoms with Crippen LogP contribution < -0.4 is 10.5 Å². The van der Waals surface area contributed by atoms with Gasteiger partial charge in [0.25, 0.3) is 5.56 Å². The standard InChI is InChI=1S/C23H22ClN3O2/c24-21-20(14-25-27(22(21)28)15-17-6-2-1-3-7-17)26-12-13-29-23(16-26)11-10-18-8-4-5-9-19(18)23/h1-9,14H,10-13,15-16H2. The van der Waals surface area contributed by atoms with Crippen LogP contribution in [0.2, 0.25) is 5.02 Å². The van der Waals surface area contributed by atoms with Crippen molar-refractivity contribution in [2.45, 2.75) is 25.0 Å². The van der Waals surface area contributed by atoms with Crippen LogP contribution in [0, 0.1) is 0 Å². The largest absolute Gasteiger partial charge is 0.367 e. The van der Waals surface area contributed by atoms with Gasteiger partial charge in [0.2, 0.25) is 0 Å². The number of aromatic nitrogens is 2. The third-order valence-electron chi connectivity index (χ3n) is 5.97. The number of fused-ring (bicyclic) bond motifs is 2. The summed E-state index contributed by atoms with van der Waals surface area (Å²) in [6.45, 7) is 2.36. The van der Waals surface area contributed by atoms with E-state index >= 15 is 0 Å². The highest BCUT2D eigenvalue weighted by Gasteiger charge is 2.43. The number of hydrogen-bond acceptors (Lipinski definition) is 4. The summed E-state index contributed by atoms with van der Waals surface area (Å²) in [4.78, 5) is 15.0. The van der Waals surface area contributed by atoms with E-state index in [1.54, 1.807) is 6.20 Å². The van der Waals surface area contributed by atoms with E-state index < -0.39 is 0 Å². The predicted octanol–water partition coefficient (Wildman–Crippen LogP) is 3.62. The first kappa shape index (κ1) is 18.4. The SMILES string of the molecule is O=c1c(Cl)c(N2CCOC3(CCc4ccccc43)C2)cnn1Cc1ccccc1. The highest BCUT2D eigenvalue weighted by Crippen LogP contribution is 2.43. The van der Waals surface area contributed by atoms with E-state index in [1.165, 1.54) is 15.8 Å². The number of rotatable bonds is 3. The summed E-state index contributed by atoms with van der Waals surface area (Å²) >= 11 is 6.54. The van der Waals surface area contributed by atoms with Gasteiger partial charge in [0.15, 0.2) is 0 Å². The van der Waals surface area contributed by atoms with Gasteiger partial charge in [0.1, 0.15) is 10.6 Å². The first-order chi connectivity index (χ1) is 14.2. The predicted molar refractivity (Wildman–Crippen MR) is 114 cm³/mol. The van der Waals surface area contributed by atoms with Crippen LogP contribution in [0.5, 0.6) is 0 Å². The lowest BCUT2D eigenvalue weighted by molar-refractivity contribution is -0.0592. The second-order valence-electron chi connectivity index (χ2n) is 7.71. The third kappa shape index (κ3) is 3.24. The molecule has 2 heterocycles. The average molecular weight is 408 g/mol. The van der Waals surface area contributed by atoms with E-state index in [4.69, 9.17) is 16.3 Å². The van der Waals surface area contributed by atoms with Crippen LogP contribution in [0.25, 0.3) is 0 Å². The number of anilines is 1. The number of hydrogen-bond donors (Lipinski definition) is 0. The second kappa shape index (κ2) is 7.32. The van der Waals surface area contributed by atoms with Gasteiger partial charge in [-0.3, -0.25) is 4.79 Å². The van der Waals surface area contributed by atoms with Crippen LogP contribution in [-0.2, 0) is 23.3 Å². The lowest BCUT2D eigenvalue weighted by Crippen LogP contribution is -2.49. The van der Waals surface area contributed by atoms with Crippen LogP contribution in [0.1, 0.15) is 23.1 Å². The summed E-state index contributed by atoms with van der Waals surface area (Å²) < 4.78 is 7.71. The molecule has 0 amide bonds. The minimum Gasteiger partial charge on any atom is -0.367 e. The van der Waals surface area contributed by atoms with Gasteiger partial charge in [0, 0.05) is 6.54 Å². The van der Waals surface area contributed by atoms with Crippen molar-refractivity contribution in [3.8, 4) is 0 Å². The molecule has 1 aromatic heterocycles. The van der Waals surface area contributed by atoms with E-state index in [0.717, 1.165) is 18.4 Å². The lowest BCUT2D eigenvalue weighted by atomic mass is 9.93. The van der Waals surface area contributed by atoms with Crippen LogP contribution in [-0.4, -0.2) is 29.5 Å². The Balaban J connectivity index is 1.44. The molecule has 5 nitrogen and oxygen atoms in total. The van der Waals surface area contributed by atoms with Crippen molar-refractivity contribution in [1.29, 1.82) is 0 Å². The molecule has 2 aromatic carbocycles. The molecule has 1 atom stereocenters. The summed E-state index contributed by atoms with van der Waals surface area (Å²) in [6.07, 6.45) is 3.67. The Morgan fingerprint density at radius 3 is 2.76 bits per heavy atom. The molecule has 0 saturated carbocycles. The van der Waals surface area contributed by atoms with Crippen molar-refractivity contribution >= 4 is 17.3 Å². The monoisotopic (exact) mass is 407 g/mol. The summed E-state index contributed by atoms with van der Waals surface area (Å²) in [5.41, 5.74) is 3.70. The lowest BCUT2D eigenvalue weighted by Gasteiger charge is -2.42. The Bertz CT molecular complexity index is 1090. The van der Waals surface area contributed by atoms with Gasteiger partial charge in [0.05, 0.1) is 31.6 Å². The van der Waals surface area contributed by atoms with Crippen molar-refractivity contribution in [3.63, 3.8) is 0 Å². The maximum atomic E-state index is 12.9. The average Bonchev–Trinajstić information content (AvgIpc) is 3.10. The molecule has 0 radical (unpaired) electrons. The van der Waals surface area contributed by atoms with Gasteiger partial charge >= 0.3 is 0 Å². The van der Waals surface area contributed by atoms with Gasteiger partial charge in [-0.25, -0.2) is 4.68 Å². The molecule has 1 spiro atoms. The smallest absolute Gasteiger partial charge is 0.287 e. The number of morpholine rings is 1. The first-order valence-corrected chi connectivity index (χ1v) is 10.3. The highest BCUT2D eigenvalue weighted by molar-refractivity contribution is 6.33. The zero-order valence-electron chi connectivity index (χ0n) is 16.1.